The lowest BCUT2D eigenvalue weighted by Gasteiger charge is -2.07. The van der Waals surface area contributed by atoms with E-state index in [1.54, 1.807) is 24.4 Å². The van der Waals surface area contributed by atoms with Crippen molar-refractivity contribution in [1.82, 2.24) is 10.2 Å². The molecular weight excluding hydrogens is 237 g/mol. The molecule has 0 saturated carbocycles. The first-order valence-electron chi connectivity index (χ1n) is 5.91. The topological polar surface area (TPSA) is 58.4 Å². The van der Waals surface area contributed by atoms with Crippen LogP contribution in [0.2, 0.25) is 0 Å². The number of aromatic hydroxyl groups is 1. The molecule has 0 amide bonds. The molecule has 2 aromatic rings. The normalized spacial score (nSPS) is 10.8. The highest BCUT2D eigenvalue weighted by Gasteiger charge is 2.09. The Kier molecular flexibility index (Phi) is 3.75. The first-order chi connectivity index (χ1) is 9.11. The number of aromatic nitrogens is 2. The smallest absolute Gasteiger partial charge is 0.166 e. The van der Waals surface area contributed by atoms with Gasteiger partial charge >= 0.3 is 0 Å². The van der Waals surface area contributed by atoms with Gasteiger partial charge in [0.1, 0.15) is 5.75 Å². The number of hydrogen-bond donors (Lipinski definition) is 1. The fraction of sp³-hybridized carbons (Fsp3) is 0.0714. The van der Waals surface area contributed by atoms with E-state index in [9.17, 15) is 5.11 Å². The van der Waals surface area contributed by atoms with Crippen LogP contribution in [0.1, 0.15) is 5.56 Å². The fourth-order valence-corrected chi connectivity index (χ4v) is 1.70. The Hall–Kier alpha value is -2.43. The second kappa shape index (κ2) is 5.48. The molecule has 19 heavy (non-hydrogen) atoms. The number of hydrogen-bond acceptors (Lipinski definition) is 4. The molecule has 0 aliphatic carbocycles. The first kappa shape index (κ1) is 13.0. The van der Waals surface area contributed by atoms with Gasteiger partial charge in [0, 0.05) is 17.4 Å². The highest BCUT2D eigenvalue weighted by atomic mass is 16.3. The number of phenols is 1. The standard InChI is InChI=1S/C14H14BN3O/c1-3-6-16-12-8-10(13(19)7-9(12)2)11-4-5-14(15)18-17-11/h3-8,19H,1,15H2,2H3/b16-6-. The third-order valence-electron chi connectivity index (χ3n) is 2.71. The summed E-state index contributed by atoms with van der Waals surface area (Å²) in [7, 11) is 1.87. The minimum absolute atomic E-state index is 0.174. The maximum Gasteiger partial charge on any atom is 0.166 e. The Balaban J connectivity index is 2.53. The Morgan fingerprint density at radius 3 is 2.74 bits per heavy atom. The molecule has 1 aromatic heterocycles. The van der Waals surface area contributed by atoms with Crippen LogP contribution in [0.15, 0.2) is 41.9 Å². The summed E-state index contributed by atoms with van der Waals surface area (Å²) in [5, 5.41) is 18.1. The number of rotatable bonds is 3. The Bertz CT molecular complexity index is 636. The molecule has 0 unspecified atom stereocenters. The number of allylic oxidation sites excluding steroid dienone is 1. The van der Waals surface area contributed by atoms with Crippen LogP contribution >= 0.6 is 0 Å². The zero-order valence-corrected chi connectivity index (χ0v) is 11.0. The minimum Gasteiger partial charge on any atom is -0.507 e. The number of aliphatic imine (C=N–C) groups is 1. The quantitative estimate of drug-likeness (QED) is 0.660. The molecule has 0 spiro atoms. The summed E-state index contributed by atoms with van der Waals surface area (Å²) >= 11 is 0. The van der Waals surface area contributed by atoms with Crippen LogP contribution < -0.4 is 5.59 Å². The van der Waals surface area contributed by atoms with Crippen LogP contribution in [0, 0.1) is 6.92 Å². The van der Waals surface area contributed by atoms with Crippen molar-refractivity contribution in [2.24, 2.45) is 4.99 Å². The molecule has 0 saturated heterocycles. The van der Waals surface area contributed by atoms with E-state index in [0.29, 0.717) is 11.3 Å². The van der Waals surface area contributed by atoms with Crippen molar-refractivity contribution in [3.63, 3.8) is 0 Å². The summed E-state index contributed by atoms with van der Waals surface area (Å²) in [6, 6.07) is 7.15. The van der Waals surface area contributed by atoms with Gasteiger partial charge < -0.3 is 5.11 Å². The van der Waals surface area contributed by atoms with E-state index in [2.05, 4.69) is 21.8 Å². The molecule has 0 radical (unpaired) electrons. The summed E-state index contributed by atoms with van der Waals surface area (Å²) in [5.41, 5.74) is 3.74. The van der Waals surface area contributed by atoms with Crippen molar-refractivity contribution in [3.05, 3.63) is 42.5 Å². The van der Waals surface area contributed by atoms with Crippen LogP contribution in [-0.2, 0) is 0 Å². The minimum atomic E-state index is 0.174. The monoisotopic (exact) mass is 251 g/mol. The Morgan fingerprint density at radius 2 is 2.11 bits per heavy atom. The zero-order valence-electron chi connectivity index (χ0n) is 11.0. The number of aryl methyl sites for hydroxylation is 1. The molecule has 0 bridgehead atoms. The third-order valence-corrected chi connectivity index (χ3v) is 2.71. The number of nitrogens with zero attached hydrogens (tertiary/aromatic N) is 3. The molecule has 1 N–H and O–H groups in total. The number of benzene rings is 1. The maximum atomic E-state index is 10.0. The zero-order chi connectivity index (χ0) is 13.8. The Labute approximate surface area is 113 Å². The Morgan fingerprint density at radius 1 is 1.32 bits per heavy atom. The predicted molar refractivity (Wildman–Crippen MR) is 80.4 cm³/mol. The molecule has 5 heteroatoms. The predicted octanol–water partition coefficient (Wildman–Crippen LogP) is 1.30. The van der Waals surface area contributed by atoms with Crippen molar-refractivity contribution in [2.75, 3.05) is 0 Å². The molecule has 1 heterocycles. The van der Waals surface area contributed by atoms with Crippen LogP contribution in [0.4, 0.5) is 5.69 Å². The van der Waals surface area contributed by atoms with Gasteiger partial charge in [0.05, 0.1) is 11.4 Å². The van der Waals surface area contributed by atoms with E-state index in [0.717, 1.165) is 16.8 Å². The highest BCUT2D eigenvalue weighted by molar-refractivity contribution is 6.30. The van der Waals surface area contributed by atoms with Gasteiger partial charge in [0.25, 0.3) is 0 Å². The van der Waals surface area contributed by atoms with Gasteiger partial charge in [-0.1, -0.05) is 12.7 Å². The molecule has 0 aliphatic heterocycles. The fourth-order valence-electron chi connectivity index (χ4n) is 1.70. The third kappa shape index (κ3) is 2.88. The van der Waals surface area contributed by atoms with Gasteiger partial charge in [0.15, 0.2) is 7.85 Å². The van der Waals surface area contributed by atoms with Gasteiger partial charge in [-0.05, 0) is 36.8 Å². The molecule has 0 fully saturated rings. The van der Waals surface area contributed by atoms with E-state index in [4.69, 9.17) is 0 Å². The molecule has 4 nitrogen and oxygen atoms in total. The van der Waals surface area contributed by atoms with E-state index >= 15 is 0 Å². The average molecular weight is 251 g/mol. The molecular formula is C14H14BN3O. The van der Waals surface area contributed by atoms with E-state index in [1.165, 1.54) is 0 Å². The lowest BCUT2D eigenvalue weighted by molar-refractivity contribution is 0.476. The van der Waals surface area contributed by atoms with Gasteiger partial charge in [-0.3, -0.25) is 4.99 Å². The van der Waals surface area contributed by atoms with Gasteiger partial charge in [0.2, 0.25) is 0 Å². The maximum absolute atomic E-state index is 10.0. The SMILES string of the molecule is Bc1ccc(-c2cc(/N=C\C=C)c(C)cc2O)nn1. The van der Waals surface area contributed by atoms with Crippen molar-refractivity contribution in [1.29, 1.82) is 0 Å². The summed E-state index contributed by atoms with van der Waals surface area (Å²) in [4.78, 5) is 4.27. The molecule has 0 aliphatic rings. The second-order valence-corrected chi connectivity index (χ2v) is 4.23. The summed E-state index contributed by atoms with van der Waals surface area (Å²) in [5.74, 6) is 0.174. The number of phenolic OH excluding ortho intramolecular Hbond substituents is 1. The molecule has 0 atom stereocenters. The van der Waals surface area contributed by atoms with Crippen molar-refractivity contribution in [2.45, 2.75) is 6.92 Å². The molecule has 94 valence electrons. The van der Waals surface area contributed by atoms with Crippen LogP contribution in [0.25, 0.3) is 11.3 Å². The molecule has 1 aromatic carbocycles. The molecule has 2 rings (SSSR count). The lowest BCUT2D eigenvalue weighted by atomic mass is 10.0. The van der Waals surface area contributed by atoms with Crippen molar-refractivity contribution >= 4 is 25.3 Å². The van der Waals surface area contributed by atoms with Crippen LogP contribution in [0.5, 0.6) is 5.75 Å². The van der Waals surface area contributed by atoms with Crippen LogP contribution in [0.3, 0.4) is 0 Å². The largest absolute Gasteiger partial charge is 0.507 e. The lowest BCUT2D eigenvalue weighted by Crippen LogP contribution is -2.09. The van der Waals surface area contributed by atoms with Gasteiger partial charge in [-0.15, -0.1) is 0 Å². The van der Waals surface area contributed by atoms with Crippen LogP contribution in [-0.4, -0.2) is 29.4 Å². The summed E-state index contributed by atoms with van der Waals surface area (Å²) in [6.07, 6.45) is 3.22. The summed E-state index contributed by atoms with van der Waals surface area (Å²) in [6.45, 7) is 5.48. The summed E-state index contributed by atoms with van der Waals surface area (Å²) < 4.78 is 0. The van der Waals surface area contributed by atoms with E-state index < -0.39 is 0 Å². The van der Waals surface area contributed by atoms with Gasteiger partial charge in [-0.25, -0.2) is 0 Å². The van der Waals surface area contributed by atoms with Crippen molar-refractivity contribution in [3.8, 4) is 17.0 Å². The highest BCUT2D eigenvalue weighted by Crippen LogP contribution is 2.33. The van der Waals surface area contributed by atoms with E-state index in [-0.39, 0.29) is 5.75 Å². The second-order valence-electron chi connectivity index (χ2n) is 4.23. The van der Waals surface area contributed by atoms with E-state index in [1.807, 2.05) is 26.9 Å². The van der Waals surface area contributed by atoms with Gasteiger partial charge in [-0.2, -0.15) is 10.2 Å². The van der Waals surface area contributed by atoms with Crippen molar-refractivity contribution < 1.29 is 5.11 Å². The average Bonchev–Trinajstić information content (AvgIpc) is 2.39. The first-order valence-corrected chi connectivity index (χ1v) is 5.91.